The summed E-state index contributed by atoms with van der Waals surface area (Å²) in [5.41, 5.74) is 1.14. The van der Waals surface area contributed by atoms with Gasteiger partial charge >= 0.3 is 0 Å². The number of hydrogen-bond acceptors (Lipinski definition) is 4. The van der Waals surface area contributed by atoms with Crippen molar-refractivity contribution in [2.75, 3.05) is 31.1 Å². The lowest BCUT2D eigenvalue weighted by Crippen LogP contribution is -2.34. The van der Waals surface area contributed by atoms with Crippen LogP contribution in [-0.2, 0) is 0 Å². The Hall–Kier alpha value is -2.11. The topological polar surface area (TPSA) is 66.7 Å². The molecule has 1 amide bonds. The Morgan fingerprint density at radius 1 is 0.880 bits per heavy atom. The molecule has 0 spiro atoms. The quantitative estimate of drug-likeness (QED) is 0.613. The Bertz CT molecular complexity index is 618. The summed E-state index contributed by atoms with van der Waals surface area (Å²) in [6, 6.07) is 5.00. The highest BCUT2D eigenvalue weighted by Gasteiger charge is 2.25. The Kier molecular flexibility index (Phi) is 5.89. The van der Waals surface area contributed by atoms with Gasteiger partial charge in [-0.3, -0.25) is 14.9 Å². The molecule has 2 saturated heterocycles. The molecule has 6 heteroatoms. The molecule has 0 aliphatic carbocycles. The van der Waals surface area contributed by atoms with Crippen LogP contribution in [0.5, 0.6) is 0 Å². The third-order valence-corrected chi connectivity index (χ3v) is 5.26. The van der Waals surface area contributed by atoms with E-state index in [0.29, 0.717) is 11.3 Å². The normalized spacial score (nSPS) is 19.2. The molecule has 0 atom stereocenters. The second-order valence-electron chi connectivity index (χ2n) is 7.07. The highest BCUT2D eigenvalue weighted by molar-refractivity contribution is 5.95. The van der Waals surface area contributed by atoms with Crippen LogP contribution in [-0.4, -0.2) is 41.9 Å². The number of benzene rings is 1. The van der Waals surface area contributed by atoms with E-state index in [9.17, 15) is 14.9 Å². The van der Waals surface area contributed by atoms with Gasteiger partial charge in [-0.05, 0) is 44.2 Å². The van der Waals surface area contributed by atoms with E-state index >= 15 is 0 Å². The summed E-state index contributed by atoms with van der Waals surface area (Å²) in [5.74, 6) is -0.0739. The van der Waals surface area contributed by atoms with Crippen molar-refractivity contribution in [1.82, 2.24) is 4.90 Å². The van der Waals surface area contributed by atoms with Gasteiger partial charge in [-0.2, -0.15) is 0 Å². The number of nitro benzene ring substituents is 1. The number of anilines is 1. The number of likely N-dealkylation sites (tertiary alicyclic amines) is 1. The van der Waals surface area contributed by atoms with Gasteiger partial charge in [0.05, 0.1) is 4.92 Å². The van der Waals surface area contributed by atoms with E-state index in [1.807, 2.05) is 4.90 Å². The van der Waals surface area contributed by atoms with Crippen LogP contribution in [0.3, 0.4) is 0 Å². The SMILES string of the molecule is O=C(c1ccc(N2CCCCC2)c([N+](=O)[O-])c1)N1CCCCCCC1. The summed E-state index contributed by atoms with van der Waals surface area (Å²) in [6.45, 7) is 3.20. The largest absolute Gasteiger partial charge is 0.366 e. The van der Waals surface area contributed by atoms with Crippen LogP contribution in [0, 0.1) is 10.1 Å². The van der Waals surface area contributed by atoms with Gasteiger partial charge in [0.15, 0.2) is 0 Å². The van der Waals surface area contributed by atoms with E-state index in [-0.39, 0.29) is 16.5 Å². The molecule has 0 bridgehead atoms. The van der Waals surface area contributed by atoms with E-state index in [1.54, 1.807) is 12.1 Å². The number of carbonyl (C=O) groups excluding carboxylic acids is 1. The molecule has 6 nitrogen and oxygen atoms in total. The maximum absolute atomic E-state index is 12.8. The zero-order valence-corrected chi connectivity index (χ0v) is 14.8. The van der Waals surface area contributed by atoms with Crippen LogP contribution in [0.1, 0.15) is 61.7 Å². The molecule has 1 aromatic rings. The number of nitrogens with zero attached hydrogens (tertiary/aromatic N) is 3. The highest BCUT2D eigenvalue weighted by Crippen LogP contribution is 2.31. The van der Waals surface area contributed by atoms with Gasteiger partial charge in [0.1, 0.15) is 5.69 Å². The number of hydrogen-bond donors (Lipinski definition) is 0. The lowest BCUT2D eigenvalue weighted by molar-refractivity contribution is -0.384. The van der Waals surface area contributed by atoms with Gasteiger partial charge in [-0.15, -0.1) is 0 Å². The molecule has 0 radical (unpaired) electrons. The number of amides is 1. The third kappa shape index (κ3) is 4.30. The van der Waals surface area contributed by atoms with Crippen LogP contribution >= 0.6 is 0 Å². The Labute approximate surface area is 148 Å². The van der Waals surface area contributed by atoms with Crippen molar-refractivity contribution in [2.24, 2.45) is 0 Å². The van der Waals surface area contributed by atoms with Crippen molar-refractivity contribution < 1.29 is 9.72 Å². The van der Waals surface area contributed by atoms with Crippen molar-refractivity contribution in [3.05, 3.63) is 33.9 Å². The predicted octanol–water partition coefficient (Wildman–Crippen LogP) is 3.99. The standard InChI is InChI=1S/C19H27N3O3/c23-19(21-13-5-2-1-3-6-14-21)16-9-10-17(18(15-16)22(24)25)20-11-7-4-8-12-20/h9-10,15H,1-8,11-14H2. The fourth-order valence-electron chi connectivity index (χ4n) is 3.84. The molecular weight excluding hydrogens is 318 g/mol. The average Bonchev–Trinajstić information content (AvgIpc) is 2.61. The Morgan fingerprint density at radius 3 is 2.08 bits per heavy atom. The van der Waals surface area contributed by atoms with Crippen LogP contribution in [0.25, 0.3) is 0 Å². The van der Waals surface area contributed by atoms with Gasteiger partial charge in [0, 0.05) is 37.8 Å². The first-order valence-electron chi connectivity index (χ1n) is 9.49. The van der Waals surface area contributed by atoms with E-state index in [1.165, 1.54) is 18.9 Å². The maximum atomic E-state index is 12.8. The molecular formula is C19H27N3O3. The third-order valence-electron chi connectivity index (χ3n) is 5.26. The van der Waals surface area contributed by atoms with E-state index in [2.05, 4.69) is 4.90 Å². The van der Waals surface area contributed by atoms with Crippen molar-refractivity contribution in [3.8, 4) is 0 Å². The average molecular weight is 345 g/mol. The van der Waals surface area contributed by atoms with Crippen molar-refractivity contribution in [1.29, 1.82) is 0 Å². The van der Waals surface area contributed by atoms with E-state index in [0.717, 1.165) is 64.7 Å². The summed E-state index contributed by atoms with van der Waals surface area (Å²) in [7, 11) is 0. The molecule has 2 aliphatic heterocycles. The second-order valence-corrected chi connectivity index (χ2v) is 7.07. The van der Waals surface area contributed by atoms with E-state index in [4.69, 9.17) is 0 Å². The first-order chi connectivity index (χ1) is 12.2. The number of rotatable bonds is 3. The summed E-state index contributed by atoms with van der Waals surface area (Å²) < 4.78 is 0. The minimum Gasteiger partial charge on any atom is -0.366 e. The van der Waals surface area contributed by atoms with Gasteiger partial charge in [-0.1, -0.05) is 19.3 Å². The Balaban J connectivity index is 1.82. The summed E-state index contributed by atoms with van der Waals surface area (Å²) in [5, 5.41) is 11.6. The molecule has 3 rings (SSSR count). The number of carbonyl (C=O) groups is 1. The molecule has 1 aromatic carbocycles. The lowest BCUT2D eigenvalue weighted by Gasteiger charge is -2.29. The highest BCUT2D eigenvalue weighted by atomic mass is 16.6. The van der Waals surface area contributed by atoms with Crippen LogP contribution < -0.4 is 4.90 Å². The summed E-state index contributed by atoms with van der Waals surface area (Å²) in [4.78, 5) is 28.0. The molecule has 0 saturated carbocycles. The second kappa shape index (κ2) is 8.32. The molecule has 2 fully saturated rings. The smallest absolute Gasteiger partial charge is 0.293 e. The molecule has 0 N–H and O–H groups in total. The fourth-order valence-corrected chi connectivity index (χ4v) is 3.84. The summed E-state index contributed by atoms with van der Waals surface area (Å²) in [6.07, 6.45) is 8.86. The number of nitro groups is 1. The number of piperidine rings is 1. The van der Waals surface area contributed by atoms with Crippen molar-refractivity contribution in [2.45, 2.75) is 51.4 Å². The maximum Gasteiger partial charge on any atom is 0.293 e. The molecule has 136 valence electrons. The molecule has 0 unspecified atom stereocenters. The zero-order chi connectivity index (χ0) is 17.6. The molecule has 2 heterocycles. The van der Waals surface area contributed by atoms with Crippen LogP contribution in [0.2, 0.25) is 0 Å². The minimum absolute atomic E-state index is 0.0554. The summed E-state index contributed by atoms with van der Waals surface area (Å²) >= 11 is 0. The van der Waals surface area contributed by atoms with Crippen LogP contribution in [0.4, 0.5) is 11.4 Å². The fraction of sp³-hybridized carbons (Fsp3) is 0.632. The monoisotopic (exact) mass is 345 g/mol. The predicted molar refractivity (Wildman–Crippen MR) is 98.1 cm³/mol. The van der Waals surface area contributed by atoms with Crippen LogP contribution in [0.15, 0.2) is 18.2 Å². The molecule has 2 aliphatic rings. The van der Waals surface area contributed by atoms with Gasteiger partial charge in [-0.25, -0.2) is 0 Å². The first-order valence-corrected chi connectivity index (χ1v) is 9.49. The van der Waals surface area contributed by atoms with Gasteiger partial charge in [0.25, 0.3) is 11.6 Å². The molecule has 25 heavy (non-hydrogen) atoms. The van der Waals surface area contributed by atoms with Gasteiger partial charge in [0.2, 0.25) is 0 Å². The van der Waals surface area contributed by atoms with Crippen molar-refractivity contribution in [3.63, 3.8) is 0 Å². The van der Waals surface area contributed by atoms with Gasteiger partial charge < -0.3 is 9.80 Å². The Morgan fingerprint density at radius 2 is 1.44 bits per heavy atom. The zero-order valence-electron chi connectivity index (χ0n) is 14.8. The first kappa shape index (κ1) is 17.7. The van der Waals surface area contributed by atoms with E-state index < -0.39 is 0 Å². The lowest BCUT2D eigenvalue weighted by atomic mass is 10.1. The van der Waals surface area contributed by atoms with Crippen molar-refractivity contribution >= 4 is 17.3 Å². The molecule has 0 aromatic heterocycles. The minimum atomic E-state index is -0.353.